The lowest BCUT2D eigenvalue weighted by molar-refractivity contribution is 0.479. The van der Waals surface area contributed by atoms with Gasteiger partial charge >= 0.3 is 0 Å². The molecular weight excluding hydrogens is 206 g/mol. The lowest BCUT2D eigenvalue weighted by Gasteiger charge is -2.25. The van der Waals surface area contributed by atoms with E-state index in [4.69, 9.17) is 11.6 Å². The molecule has 1 rings (SSSR count). The third kappa shape index (κ3) is 2.52. The van der Waals surface area contributed by atoms with Crippen molar-refractivity contribution in [2.24, 2.45) is 0 Å². The van der Waals surface area contributed by atoms with E-state index in [0.29, 0.717) is 0 Å². The molecule has 0 aliphatic carbocycles. The van der Waals surface area contributed by atoms with Crippen LogP contribution in [0.2, 0.25) is 5.02 Å². The van der Waals surface area contributed by atoms with Crippen LogP contribution in [0.1, 0.15) is 38.7 Å². The van der Waals surface area contributed by atoms with Crippen LogP contribution < -0.4 is 0 Å². The highest BCUT2D eigenvalue weighted by Crippen LogP contribution is 2.32. The summed E-state index contributed by atoms with van der Waals surface area (Å²) in [5, 5.41) is 10.1. The van der Waals surface area contributed by atoms with Crippen molar-refractivity contribution >= 4 is 11.6 Å². The Bertz CT molecular complexity index is 350. The van der Waals surface area contributed by atoms with Crippen LogP contribution in [-0.4, -0.2) is 0 Å². The van der Waals surface area contributed by atoms with E-state index in [-0.39, 0.29) is 5.41 Å². The third-order valence-corrected chi connectivity index (χ3v) is 3.14. The zero-order valence-corrected chi connectivity index (χ0v) is 10.0. The maximum absolute atomic E-state index is 9.35. The Hall–Kier alpha value is -1.00. The number of hydrogen-bond donors (Lipinski definition) is 0. The van der Waals surface area contributed by atoms with Gasteiger partial charge in [-0.2, -0.15) is 5.26 Å². The van der Waals surface area contributed by atoms with Crippen molar-refractivity contribution in [2.75, 3.05) is 0 Å². The molecule has 0 spiro atoms. The van der Waals surface area contributed by atoms with Gasteiger partial charge in [-0.1, -0.05) is 44.0 Å². The van der Waals surface area contributed by atoms with Gasteiger partial charge in [0.15, 0.2) is 0 Å². The summed E-state index contributed by atoms with van der Waals surface area (Å²) in [6.07, 6.45) is 2.77. The Balaban J connectivity index is 3.09. The predicted molar refractivity (Wildman–Crippen MR) is 63.9 cm³/mol. The summed E-state index contributed by atoms with van der Waals surface area (Å²) in [5.74, 6) is 0. The van der Waals surface area contributed by atoms with Gasteiger partial charge < -0.3 is 0 Å². The number of rotatable bonds is 4. The molecule has 1 nitrogen and oxygen atoms in total. The predicted octanol–water partition coefficient (Wildman–Crippen LogP) is 4.31. The second-order valence-electron chi connectivity index (χ2n) is 3.80. The minimum atomic E-state index is -0.334. The minimum absolute atomic E-state index is 0.334. The van der Waals surface area contributed by atoms with E-state index in [1.165, 1.54) is 0 Å². The van der Waals surface area contributed by atoms with Crippen LogP contribution in [0.15, 0.2) is 24.3 Å². The second-order valence-corrected chi connectivity index (χ2v) is 4.24. The molecule has 80 valence electrons. The fourth-order valence-electron chi connectivity index (χ4n) is 1.92. The number of halogens is 1. The van der Waals surface area contributed by atoms with Gasteiger partial charge in [0, 0.05) is 5.02 Å². The first-order chi connectivity index (χ1) is 7.18. The molecule has 0 aliphatic rings. The normalized spacial score (nSPS) is 14.3. The topological polar surface area (TPSA) is 23.8 Å². The molecule has 1 aromatic rings. The maximum atomic E-state index is 9.35. The van der Waals surface area contributed by atoms with Crippen LogP contribution in [-0.2, 0) is 5.41 Å². The van der Waals surface area contributed by atoms with Crippen LogP contribution in [0.5, 0.6) is 0 Å². The van der Waals surface area contributed by atoms with Gasteiger partial charge in [0.1, 0.15) is 0 Å². The summed E-state index contributed by atoms with van der Waals surface area (Å²) in [4.78, 5) is 0. The van der Waals surface area contributed by atoms with Crippen molar-refractivity contribution < 1.29 is 0 Å². The Labute approximate surface area is 96.7 Å². The summed E-state index contributed by atoms with van der Waals surface area (Å²) in [7, 11) is 0. The molecule has 0 amide bonds. The van der Waals surface area contributed by atoms with Crippen molar-refractivity contribution in [3.05, 3.63) is 34.9 Å². The molecular formula is C13H16ClN. The number of hydrogen-bond acceptors (Lipinski definition) is 1. The Morgan fingerprint density at radius 2 is 1.87 bits per heavy atom. The Morgan fingerprint density at radius 1 is 1.27 bits per heavy atom. The monoisotopic (exact) mass is 221 g/mol. The van der Waals surface area contributed by atoms with Crippen molar-refractivity contribution in [1.82, 2.24) is 0 Å². The zero-order chi connectivity index (χ0) is 11.3. The van der Waals surface area contributed by atoms with Gasteiger partial charge in [-0.05, 0) is 30.5 Å². The van der Waals surface area contributed by atoms with E-state index in [2.05, 4.69) is 19.9 Å². The molecule has 0 saturated carbocycles. The first kappa shape index (κ1) is 12.1. The number of nitriles is 1. The van der Waals surface area contributed by atoms with E-state index in [1.807, 2.05) is 24.3 Å². The molecule has 2 heteroatoms. The van der Waals surface area contributed by atoms with E-state index >= 15 is 0 Å². The largest absolute Gasteiger partial charge is 0.197 e. The van der Waals surface area contributed by atoms with Crippen molar-refractivity contribution in [1.29, 1.82) is 5.26 Å². The molecule has 1 aromatic carbocycles. The molecule has 0 bridgehead atoms. The molecule has 0 N–H and O–H groups in total. The smallest absolute Gasteiger partial charge is 0.0819 e. The highest BCUT2D eigenvalue weighted by atomic mass is 35.5. The van der Waals surface area contributed by atoms with E-state index in [9.17, 15) is 5.26 Å². The quantitative estimate of drug-likeness (QED) is 0.743. The first-order valence-electron chi connectivity index (χ1n) is 5.36. The van der Waals surface area contributed by atoms with Gasteiger partial charge in [-0.15, -0.1) is 0 Å². The zero-order valence-electron chi connectivity index (χ0n) is 9.26. The molecule has 0 aliphatic heterocycles. The summed E-state index contributed by atoms with van der Waals surface area (Å²) >= 11 is 5.84. The van der Waals surface area contributed by atoms with Crippen LogP contribution in [0, 0.1) is 11.3 Å². The van der Waals surface area contributed by atoms with Crippen LogP contribution in [0.25, 0.3) is 0 Å². The summed E-state index contributed by atoms with van der Waals surface area (Å²) < 4.78 is 0. The van der Waals surface area contributed by atoms with Crippen LogP contribution in [0.3, 0.4) is 0 Å². The van der Waals surface area contributed by atoms with E-state index < -0.39 is 0 Å². The molecule has 0 fully saturated rings. The first-order valence-corrected chi connectivity index (χ1v) is 5.73. The van der Waals surface area contributed by atoms with Crippen molar-refractivity contribution in [3.63, 3.8) is 0 Å². The molecule has 0 saturated heterocycles. The van der Waals surface area contributed by atoms with E-state index in [1.54, 1.807) is 0 Å². The highest BCUT2D eigenvalue weighted by molar-refractivity contribution is 6.30. The lowest BCUT2D eigenvalue weighted by atomic mass is 9.76. The van der Waals surface area contributed by atoms with E-state index in [0.717, 1.165) is 29.8 Å². The molecule has 15 heavy (non-hydrogen) atoms. The average molecular weight is 222 g/mol. The minimum Gasteiger partial charge on any atom is -0.197 e. The van der Waals surface area contributed by atoms with Gasteiger partial charge in [-0.3, -0.25) is 0 Å². The fraction of sp³-hybridized carbons (Fsp3) is 0.462. The van der Waals surface area contributed by atoms with Crippen LogP contribution >= 0.6 is 11.6 Å². The lowest BCUT2D eigenvalue weighted by Crippen LogP contribution is -2.22. The average Bonchev–Trinajstić information content (AvgIpc) is 2.27. The summed E-state index contributed by atoms with van der Waals surface area (Å²) in [5.41, 5.74) is 0.748. The molecule has 0 aromatic heterocycles. The molecule has 1 unspecified atom stereocenters. The summed E-state index contributed by atoms with van der Waals surface area (Å²) in [6, 6.07) is 10.1. The van der Waals surface area contributed by atoms with Gasteiger partial charge in [0.05, 0.1) is 11.5 Å². The number of benzene rings is 1. The van der Waals surface area contributed by atoms with Gasteiger partial charge in [-0.25, -0.2) is 0 Å². The third-order valence-electron chi connectivity index (χ3n) is 2.89. The second kappa shape index (κ2) is 5.19. The fourth-order valence-corrected chi connectivity index (χ4v) is 2.05. The highest BCUT2D eigenvalue weighted by Gasteiger charge is 2.28. The van der Waals surface area contributed by atoms with Gasteiger partial charge in [0.2, 0.25) is 0 Å². The maximum Gasteiger partial charge on any atom is 0.0819 e. The van der Waals surface area contributed by atoms with Crippen LogP contribution in [0.4, 0.5) is 0 Å². The number of nitrogens with zero attached hydrogens (tertiary/aromatic N) is 1. The summed E-state index contributed by atoms with van der Waals surface area (Å²) in [6.45, 7) is 4.17. The molecule has 1 atom stereocenters. The Morgan fingerprint density at radius 3 is 2.27 bits per heavy atom. The van der Waals surface area contributed by atoms with Crippen molar-refractivity contribution in [3.8, 4) is 6.07 Å². The SMILES string of the molecule is CCCC(C#N)(CC)c1ccc(Cl)cc1. The van der Waals surface area contributed by atoms with Gasteiger partial charge in [0.25, 0.3) is 0 Å². The Kier molecular flexibility index (Phi) is 4.17. The van der Waals surface area contributed by atoms with Crippen molar-refractivity contribution in [2.45, 2.75) is 38.5 Å². The molecule has 0 heterocycles. The standard InChI is InChI=1S/C13H16ClN/c1-3-9-13(4-2,10-15)11-5-7-12(14)8-6-11/h5-8H,3-4,9H2,1-2H3. The molecule has 0 radical (unpaired) electrons.